The molecule has 0 aliphatic rings. The van der Waals surface area contributed by atoms with Gasteiger partial charge in [-0.3, -0.25) is 9.59 Å². The smallest absolute Gasteiger partial charge is 0.387 e. The van der Waals surface area contributed by atoms with Gasteiger partial charge in [0.15, 0.2) is 11.5 Å². The van der Waals surface area contributed by atoms with Crippen LogP contribution in [0.4, 0.5) is 13.2 Å². The molecule has 0 bridgehead atoms. The maximum absolute atomic E-state index is 13.1. The Morgan fingerprint density at radius 2 is 1.79 bits per heavy atom. The van der Waals surface area contributed by atoms with Crippen molar-refractivity contribution in [2.24, 2.45) is 0 Å². The summed E-state index contributed by atoms with van der Waals surface area (Å²) in [5.74, 6) is -1.16. The minimum Gasteiger partial charge on any atom is -0.493 e. The highest BCUT2D eigenvalue weighted by atomic mass is 19.3. The van der Waals surface area contributed by atoms with E-state index in [4.69, 9.17) is 4.74 Å². The van der Waals surface area contributed by atoms with E-state index in [9.17, 15) is 22.8 Å². The molecule has 0 unspecified atom stereocenters. The number of halogens is 3. The lowest BCUT2D eigenvalue weighted by Crippen LogP contribution is -2.38. The van der Waals surface area contributed by atoms with E-state index in [-0.39, 0.29) is 31.0 Å². The first-order valence-corrected chi connectivity index (χ1v) is 8.77. The van der Waals surface area contributed by atoms with Crippen molar-refractivity contribution in [2.45, 2.75) is 19.5 Å². The van der Waals surface area contributed by atoms with Crippen molar-refractivity contribution in [3.63, 3.8) is 0 Å². The molecule has 6 nitrogen and oxygen atoms in total. The number of carbonyl (C=O) groups excluding carboxylic acids is 2. The van der Waals surface area contributed by atoms with Crippen LogP contribution in [0.15, 0.2) is 42.5 Å². The van der Waals surface area contributed by atoms with Crippen LogP contribution in [0, 0.1) is 5.82 Å². The number of benzene rings is 2. The van der Waals surface area contributed by atoms with Crippen LogP contribution in [0.1, 0.15) is 11.1 Å². The first kappa shape index (κ1) is 22.1. The Bertz CT molecular complexity index is 846. The molecule has 156 valence electrons. The van der Waals surface area contributed by atoms with Crippen molar-refractivity contribution in [1.82, 2.24) is 10.6 Å². The van der Waals surface area contributed by atoms with E-state index < -0.39 is 24.2 Å². The van der Waals surface area contributed by atoms with E-state index in [1.54, 1.807) is 12.1 Å². The third-order valence-electron chi connectivity index (χ3n) is 3.88. The van der Waals surface area contributed by atoms with Gasteiger partial charge >= 0.3 is 6.61 Å². The molecular formula is C20H21F3N2O4. The zero-order valence-electron chi connectivity index (χ0n) is 15.7. The molecule has 0 atom stereocenters. The summed E-state index contributed by atoms with van der Waals surface area (Å²) in [5.41, 5.74) is 1.17. The molecule has 0 heterocycles. The summed E-state index contributed by atoms with van der Waals surface area (Å²) in [7, 11) is 1.34. The molecule has 2 aromatic rings. The monoisotopic (exact) mass is 410 g/mol. The molecule has 9 heteroatoms. The summed E-state index contributed by atoms with van der Waals surface area (Å²) < 4.78 is 47.4. The summed E-state index contributed by atoms with van der Waals surface area (Å²) in [5, 5.41) is 5.07. The van der Waals surface area contributed by atoms with Crippen LogP contribution in [-0.4, -0.2) is 38.6 Å². The summed E-state index contributed by atoms with van der Waals surface area (Å²) in [6, 6.07) is 10.2. The zero-order chi connectivity index (χ0) is 21.2. The highest BCUT2D eigenvalue weighted by molar-refractivity contribution is 5.85. The predicted octanol–water partition coefficient (Wildman–Crippen LogP) is 2.45. The maximum Gasteiger partial charge on any atom is 0.387 e. The average molecular weight is 410 g/mol. The highest BCUT2D eigenvalue weighted by Crippen LogP contribution is 2.29. The molecule has 0 saturated heterocycles. The summed E-state index contributed by atoms with van der Waals surface area (Å²) >= 11 is 0. The fourth-order valence-electron chi connectivity index (χ4n) is 2.55. The lowest BCUT2D eigenvalue weighted by Gasteiger charge is -2.12. The zero-order valence-corrected chi connectivity index (χ0v) is 15.7. The topological polar surface area (TPSA) is 76.7 Å². The Balaban J connectivity index is 1.74. The SMILES string of the molecule is COc1ccc(CCNC(=O)CNC(=O)Cc2cccc(F)c2)cc1OC(F)F. The fraction of sp³-hybridized carbons (Fsp3) is 0.300. The van der Waals surface area contributed by atoms with Gasteiger partial charge in [0.2, 0.25) is 11.8 Å². The van der Waals surface area contributed by atoms with Gasteiger partial charge in [-0.05, 0) is 41.8 Å². The van der Waals surface area contributed by atoms with E-state index in [2.05, 4.69) is 15.4 Å². The average Bonchev–Trinajstić information content (AvgIpc) is 2.66. The molecule has 0 aromatic heterocycles. The van der Waals surface area contributed by atoms with Crippen LogP contribution in [0.5, 0.6) is 11.5 Å². The Kier molecular flexibility index (Phi) is 8.32. The van der Waals surface area contributed by atoms with Crippen LogP contribution in [0.2, 0.25) is 0 Å². The largest absolute Gasteiger partial charge is 0.493 e. The Labute approximate surface area is 166 Å². The van der Waals surface area contributed by atoms with E-state index in [1.165, 1.54) is 37.4 Å². The number of ether oxygens (including phenoxy) is 2. The van der Waals surface area contributed by atoms with Crippen LogP contribution >= 0.6 is 0 Å². The number of rotatable bonds is 10. The van der Waals surface area contributed by atoms with Gasteiger partial charge in [-0.1, -0.05) is 18.2 Å². The molecule has 0 aliphatic carbocycles. The quantitative estimate of drug-likeness (QED) is 0.631. The van der Waals surface area contributed by atoms with E-state index in [0.717, 1.165) is 0 Å². The molecule has 2 rings (SSSR count). The van der Waals surface area contributed by atoms with E-state index in [0.29, 0.717) is 17.5 Å². The first-order valence-electron chi connectivity index (χ1n) is 8.77. The minimum absolute atomic E-state index is 0.0379. The van der Waals surface area contributed by atoms with Crippen molar-refractivity contribution in [3.05, 3.63) is 59.4 Å². The Morgan fingerprint density at radius 1 is 1.00 bits per heavy atom. The van der Waals surface area contributed by atoms with Crippen LogP contribution in [0.3, 0.4) is 0 Å². The van der Waals surface area contributed by atoms with Crippen molar-refractivity contribution in [2.75, 3.05) is 20.2 Å². The van der Waals surface area contributed by atoms with Crippen LogP contribution < -0.4 is 20.1 Å². The predicted molar refractivity (Wildman–Crippen MR) is 99.5 cm³/mol. The molecule has 2 amide bonds. The number of hydrogen-bond acceptors (Lipinski definition) is 4. The Morgan fingerprint density at radius 3 is 2.48 bits per heavy atom. The first-order chi connectivity index (χ1) is 13.9. The van der Waals surface area contributed by atoms with Crippen molar-refractivity contribution in [3.8, 4) is 11.5 Å². The summed E-state index contributed by atoms with van der Waals surface area (Å²) in [4.78, 5) is 23.6. The minimum atomic E-state index is -2.98. The molecule has 0 spiro atoms. The standard InChI is InChI=1S/C20H21F3N2O4/c1-28-16-6-5-13(10-17(16)29-20(22)23)7-8-24-19(27)12-25-18(26)11-14-3-2-4-15(21)9-14/h2-6,9-10,20H,7-8,11-12H2,1H3,(H,24,27)(H,25,26). The number of carbonyl (C=O) groups is 2. The third-order valence-corrected chi connectivity index (χ3v) is 3.88. The van der Waals surface area contributed by atoms with Crippen LogP contribution in [0.25, 0.3) is 0 Å². The molecule has 0 radical (unpaired) electrons. The van der Waals surface area contributed by atoms with Gasteiger partial charge in [-0.2, -0.15) is 8.78 Å². The van der Waals surface area contributed by atoms with Crippen molar-refractivity contribution < 1.29 is 32.2 Å². The van der Waals surface area contributed by atoms with Gasteiger partial charge in [0.05, 0.1) is 20.1 Å². The number of methoxy groups -OCH3 is 1. The third kappa shape index (κ3) is 7.73. The number of amides is 2. The van der Waals surface area contributed by atoms with Gasteiger partial charge in [-0.15, -0.1) is 0 Å². The van der Waals surface area contributed by atoms with Crippen LogP contribution in [-0.2, 0) is 22.4 Å². The second kappa shape index (κ2) is 10.9. The molecule has 0 fully saturated rings. The van der Waals surface area contributed by atoms with Gasteiger partial charge in [-0.25, -0.2) is 4.39 Å². The lowest BCUT2D eigenvalue weighted by atomic mass is 10.1. The summed E-state index contributed by atoms with van der Waals surface area (Å²) in [6.07, 6.45) is 0.330. The molecule has 0 aliphatic heterocycles. The van der Waals surface area contributed by atoms with Crippen molar-refractivity contribution in [1.29, 1.82) is 0 Å². The fourth-order valence-corrected chi connectivity index (χ4v) is 2.55. The number of hydrogen-bond donors (Lipinski definition) is 2. The molecule has 0 saturated carbocycles. The Hall–Kier alpha value is -3.23. The van der Waals surface area contributed by atoms with Gasteiger partial charge < -0.3 is 20.1 Å². The van der Waals surface area contributed by atoms with E-state index >= 15 is 0 Å². The molecular weight excluding hydrogens is 389 g/mol. The molecule has 2 N–H and O–H groups in total. The number of nitrogens with one attached hydrogen (secondary N) is 2. The van der Waals surface area contributed by atoms with E-state index in [1.807, 2.05) is 0 Å². The van der Waals surface area contributed by atoms with Gasteiger partial charge in [0.25, 0.3) is 0 Å². The van der Waals surface area contributed by atoms with Gasteiger partial charge in [0, 0.05) is 6.54 Å². The maximum atomic E-state index is 13.1. The van der Waals surface area contributed by atoms with Gasteiger partial charge in [0.1, 0.15) is 5.82 Å². The lowest BCUT2D eigenvalue weighted by molar-refractivity contribution is -0.125. The highest BCUT2D eigenvalue weighted by Gasteiger charge is 2.12. The van der Waals surface area contributed by atoms with Crippen molar-refractivity contribution >= 4 is 11.8 Å². The molecule has 29 heavy (non-hydrogen) atoms. The summed E-state index contributed by atoms with van der Waals surface area (Å²) in [6.45, 7) is -2.97. The number of alkyl halides is 2. The second-order valence-corrected chi connectivity index (χ2v) is 6.05. The normalized spacial score (nSPS) is 10.5. The second-order valence-electron chi connectivity index (χ2n) is 6.05. The molecule has 2 aromatic carbocycles.